The molecule has 94 valence electrons. The number of hydrogen-bond donors (Lipinski definition) is 1. The van der Waals surface area contributed by atoms with Gasteiger partial charge in [-0.05, 0) is 30.7 Å². The summed E-state index contributed by atoms with van der Waals surface area (Å²) in [7, 11) is 0. The van der Waals surface area contributed by atoms with Crippen LogP contribution < -0.4 is 10.2 Å². The first-order chi connectivity index (χ1) is 8.40. The van der Waals surface area contributed by atoms with Gasteiger partial charge in [0.1, 0.15) is 5.82 Å². The normalized spacial score (nSPS) is 16.2. The van der Waals surface area contributed by atoms with Crippen molar-refractivity contribution in [1.29, 1.82) is 0 Å². The molecule has 0 amide bonds. The summed E-state index contributed by atoms with van der Waals surface area (Å²) < 4.78 is 0. The highest BCUT2D eigenvalue weighted by Crippen LogP contribution is 2.17. The molecule has 2 rings (SSSR count). The first-order valence-electron chi connectivity index (χ1n) is 6.38. The fourth-order valence-corrected chi connectivity index (χ4v) is 2.85. The smallest absolute Gasteiger partial charge is 0.128 e. The summed E-state index contributed by atoms with van der Waals surface area (Å²) in [6, 6.07) is 4.32. The van der Waals surface area contributed by atoms with E-state index in [0.717, 1.165) is 32.0 Å². The Morgan fingerprint density at radius 1 is 1.41 bits per heavy atom. The number of anilines is 1. The third-order valence-electron chi connectivity index (χ3n) is 2.90. The lowest BCUT2D eigenvalue weighted by atomic mass is 10.2. The van der Waals surface area contributed by atoms with E-state index in [4.69, 9.17) is 0 Å². The Bertz CT molecular complexity index is 337. The first-order valence-corrected chi connectivity index (χ1v) is 7.54. The van der Waals surface area contributed by atoms with Crippen molar-refractivity contribution in [2.24, 2.45) is 0 Å². The highest BCUT2D eigenvalue weighted by Gasteiger charge is 2.12. The molecule has 0 radical (unpaired) electrons. The molecule has 4 heteroatoms. The predicted molar refractivity (Wildman–Crippen MR) is 75.8 cm³/mol. The largest absolute Gasteiger partial charge is 0.355 e. The highest BCUT2D eigenvalue weighted by molar-refractivity contribution is 7.99. The maximum absolute atomic E-state index is 4.48. The number of pyridine rings is 1. The van der Waals surface area contributed by atoms with Gasteiger partial charge in [0.25, 0.3) is 0 Å². The zero-order valence-electron chi connectivity index (χ0n) is 10.5. The van der Waals surface area contributed by atoms with E-state index in [1.807, 2.05) is 18.0 Å². The molecule has 0 aromatic carbocycles. The summed E-state index contributed by atoms with van der Waals surface area (Å²) in [5.41, 5.74) is 1.33. The minimum atomic E-state index is 0.950. The van der Waals surface area contributed by atoms with E-state index >= 15 is 0 Å². The Morgan fingerprint density at radius 2 is 2.24 bits per heavy atom. The Kier molecular flexibility index (Phi) is 5.13. The molecule has 2 heterocycles. The molecule has 1 saturated heterocycles. The monoisotopic (exact) mass is 251 g/mol. The Labute approximate surface area is 108 Å². The van der Waals surface area contributed by atoms with Gasteiger partial charge in [0.15, 0.2) is 0 Å². The van der Waals surface area contributed by atoms with Gasteiger partial charge in [0.05, 0.1) is 0 Å². The minimum absolute atomic E-state index is 0.950. The molecule has 1 aliphatic heterocycles. The Morgan fingerprint density at radius 3 is 3.00 bits per heavy atom. The quantitative estimate of drug-likeness (QED) is 0.812. The van der Waals surface area contributed by atoms with Crippen molar-refractivity contribution in [3.63, 3.8) is 0 Å². The second-order valence-electron chi connectivity index (χ2n) is 4.30. The van der Waals surface area contributed by atoms with Crippen LogP contribution in [0.5, 0.6) is 0 Å². The maximum atomic E-state index is 4.48. The molecule has 0 bridgehead atoms. The van der Waals surface area contributed by atoms with Gasteiger partial charge in [-0.3, -0.25) is 0 Å². The van der Waals surface area contributed by atoms with Crippen molar-refractivity contribution < 1.29 is 0 Å². The maximum Gasteiger partial charge on any atom is 0.128 e. The van der Waals surface area contributed by atoms with Crippen LogP contribution in [-0.4, -0.2) is 36.1 Å². The van der Waals surface area contributed by atoms with Crippen LogP contribution in [0.2, 0.25) is 0 Å². The number of nitrogens with one attached hydrogen (secondary N) is 1. The van der Waals surface area contributed by atoms with Gasteiger partial charge in [0.2, 0.25) is 0 Å². The number of thioether (sulfide) groups is 1. The topological polar surface area (TPSA) is 28.2 Å². The van der Waals surface area contributed by atoms with Gasteiger partial charge < -0.3 is 10.2 Å². The van der Waals surface area contributed by atoms with Gasteiger partial charge in [-0.2, -0.15) is 11.8 Å². The molecule has 0 aliphatic carbocycles. The van der Waals surface area contributed by atoms with Gasteiger partial charge >= 0.3 is 0 Å². The fraction of sp³-hybridized carbons (Fsp3) is 0.615. The molecular formula is C13H21N3S. The summed E-state index contributed by atoms with van der Waals surface area (Å²) in [6.45, 7) is 6.48. The number of aromatic nitrogens is 1. The van der Waals surface area contributed by atoms with Crippen LogP contribution in [0.3, 0.4) is 0 Å². The molecule has 17 heavy (non-hydrogen) atoms. The summed E-state index contributed by atoms with van der Waals surface area (Å²) in [4.78, 5) is 6.87. The van der Waals surface area contributed by atoms with Crippen molar-refractivity contribution in [1.82, 2.24) is 10.3 Å². The second-order valence-corrected chi connectivity index (χ2v) is 5.52. The molecule has 0 spiro atoms. The summed E-state index contributed by atoms with van der Waals surface area (Å²) in [5.74, 6) is 3.58. The Balaban J connectivity index is 1.95. The predicted octanol–water partition coefficient (Wildman–Crippen LogP) is 2.13. The number of hydrogen-bond acceptors (Lipinski definition) is 4. The summed E-state index contributed by atoms with van der Waals surface area (Å²) >= 11 is 2.03. The SMILES string of the molecule is CCCNCc1ccnc(N2CCSCC2)c1. The van der Waals surface area contributed by atoms with E-state index < -0.39 is 0 Å². The molecule has 1 aromatic rings. The van der Waals surface area contributed by atoms with Crippen LogP contribution in [0, 0.1) is 0 Å². The van der Waals surface area contributed by atoms with E-state index in [0.29, 0.717) is 0 Å². The summed E-state index contributed by atoms with van der Waals surface area (Å²) in [6.07, 6.45) is 3.11. The average Bonchev–Trinajstić information content (AvgIpc) is 2.41. The minimum Gasteiger partial charge on any atom is -0.355 e. The molecule has 1 N–H and O–H groups in total. The number of rotatable bonds is 5. The van der Waals surface area contributed by atoms with Crippen molar-refractivity contribution in [2.45, 2.75) is 19.9 Å². The van der Waals surface area contributed by atoms with Crippen LogP contribution in [-0.2, 0) is 6.54 Å². The lowest BCUT2D eigenvalue weighted by molar-refractivity contribution is 0.674. The van der Waals surface area contributed by atoms with E-state index in [-0.39, 0.29) is 0 Å². The third-order valence-corrected chi connectivity index (χ3v) is 3.84. The average molecular weight is 251 g/mol. The highest BCUT2D eigenvalue weighted by atomic mass is 32.2. The van der Waals surface area contributed by atoms with Crippen molar-refractivity contribution in [3.8, 4) is 0 Å². The zero-order chi connectivity index (χ0) is 11.9. The zero-order valence-corrected chi connectivity index (χ0v) is 11.3. The van der Waals surface area contributed by atoms with E-state index in [2.05, 4.69) is 34.3 Å². The van der Waals surface area contributed by atoms with Crippen molar-refractivity contribution in [2.75, 3.05) is 36.0 Å². The standard InChI is InChI=1S/C13H21N3S/c1-2-4-14-11-12-3-5-15-13(10-12)16-6-8-17-9-7-16/h3,5,10,14H,2,4,6-9,11H2,1H3. The molecule has 1 fully saturated rings. The summed E-state index contributed by atoms with van der Waals surface area (Å²) in [5, 5.41) is 3.43. The lowest BCUT2D eigenvalue weighted by Crippen LogP contribution is -2.33. The molecule has 0 atom stereocenters. The molecular weight excluding hydrogens is 230 g/mol. The van der Waals surface area contributed by atoms with Crippen molar-refractivity contribution in [3.05, 3.63) is 23.9 Å². The lowest BCUT2D eigenvalue weighted by Gasteiger charge is -2.27. The van der Waals surface area contributed by atoms with Crippen molar-refractivity contribution >= 4 is 17.6 Å². The van der Waals surface area contributed by atoms with Crippen LogP contribution in [0.15, 0.2) is 18.3 Å². The molecule has 3 nitrogen and oxygen atoms in total. The molecule has 0 saturated carbocycles. The van der Waals surface area contributed by atoms with Crippen LogP contribution in [0.1, 0.15) is 18.9 Å². The van der Waals surface area contributed by atoms with Crippen LogP contribution in [0.25, 0.3) is 0 Å². The van der Waals surface area contributed by atoms with E-state index in [1.54, 1.807) is 0 Å². The first kappa shape index (κ1) is 12.7. The van der Waals surface area contributed by atoms with Gasteiger partial charge in [-0.15, -0.1) is 0 Å². The van der Waals surface area contributed by atoms with Gasteiger partial charge in [-0.1, -0.05) is 6.92 Å². The Hall–Kier alpha value is -0.740. The second kappa shape index (κ2) is 6.87. The van der Waals surface area contributed by atoms with Gasteiger partial charge in [-0.25, -0.2) is 4.98 Å². The van der Waals surface area contributed by atoms with Crippen LogP contribution >= 0.6 is 11.8 Å². The van der Waals surface area contributed by atoms with E-state index in [9.17, 15) is 0 Å². The molecule has 0 unspecified atom stereocenters. The van der Waals surface area contributed by atoms with Crippen LogP contribution in [0.4, 0.5) is 5.82 Å². The number of nitrogens with zero attached hydrogens (tertiary/aromatic N) is 2. The molecule has 1 aromatic heterocycles. The van der Waals surface area contributed by atoms with E-state index in [1.165, 1.54) is 23.5 Å². The third kappa shape index (κ3) is 3.89. The van der Waals surface area contributed by atoms with Gasteiger partial charge in [0, 0.05) is 37.3 Å². The molecule has 1 aliphatic rings. The fourth-order valence-electron chi connectivity index (χ4n) is 1.95.